The number of carboxylic acid groups (broad SMARTS) is 1. The quantitative estimate of drug-likeness (QED) is 0.597. The molecule has 6 heteroatoms. The Hall–Kier alpha value is -2.78. The molecule has 4 rings (SSSR count). The first-order chi connectivity index (χ1) is 11.5. The molecule has 3 heterocycles. The van der Waals surface area contributed by atoms with Gasteiger partial charge >= 0.3 is 12.3 Å². The number of nitriles is 1. The Labute approximate surface area is 139 Å². The van der Waals surface area contributed by atoms with Crippen LogP contribution in [0.15, 0.2) is 36.5 Å². The number of ether oxygens (including phenoxy) is 1. The van der Waals surface area contributed by atoms with Gasteiger partial charge in [-0.25, -0.2) is 0 Å². The molecule has 1 N–H and O–H groups in total. The first-order valence-electron chi connectivity index (χ1n) is 8.00. The summed E-state index contributed by atoms with van der Waals surface area (Å²) in [6, 6.07) is 10.1. The zero-order valence-corrected chi connectivity index (χ0v) is 13.4. The summed E-state index contributed by atoms with van der Waals surface area (Å²) in [5.74, 6) is 0.811. The molecule has 1 aromatic heterocycles. The van der Waals surface area contributed by atoms with Crippen LogP contribution in [0.25, 0.3) is 5.69 Å². The first kappa shape index (κ1) is 14.8. The fraction of sp³-hybridized carbons (Fsp3) is 0.333. The van der Waals surface area contributed by atoms with Crippen LogP contribution in [0.1, 0.15) is 24.1 Å². The largest absolute Gasteiger partial charge is 0.528 e. The Bertz CT molecular complexity index is 870. The maximum Gasteiger partial charge on any atom is 0.528 e. The summed E-state index contributed by atoms with van der Waals surface area (Å²) in [5.41, 5.74) is 2.57. The van der Waals surface area contributed by atoms with Crippen LogP contribution < -0.4 is 4.74 Å². The van der Waals surface area contributed by atoms with Gasteiger partial charge in [-0.3, -0.25) is 0 Å². The fourth-order valence-electron chi connectivity index (χ4n) is 3.80. The van der Waals surface area contributed by atoms with Crippen molar-refractivity contribution in [3.8, 4) is 17.6 Å². The van der Waals surface area contributed by atoms with E-state index < -0.39 is 16.2 Å². The molecule has 24 heavy (non-hydrogen) atoms. The molecule has 2 aliphatic rings. The molecule has 1 amide bonds. The molecule has 0 saturated carbocycles. The monoisotopic (exact) mass is 324 g/mol. The highest BCUT2D eigenvalue weighted by molar-refractivity contribution is 5.58. The summed E-state index contributed by atoms with van der Waals surface area (Å²) in [6.45, 7) is 2.49. The predicted molar refractivity (Wildman–Crippen MR) is 85.7 cm³/mol. The number of rotatable bonds is 0. The van der Waals surface area contributed by atoms with E-state index in [0.29, 0.717) is 12.8 Å². The Morgan fingerprint density at radius 1 is 1.38 bits per heavy atom. The van der Waals surface area contributed by atoms with Crippen molar-refractivity contribution in [2.24, 2.45) is 0 Å². The lowest BCUT2D eigenvalue weighted by Gasteiger charge is -2.44. The molecule has 0 atom stereocenters. The summed E-state index contributed by atoms with van der Waals surface area (Å²) < 4.78 is 7.96. The molecule has 1 spiro atoms. The summed E-state index contributed by atoms with van der Waals surface area (Å²) in [4.78, 5) is 11.5. The van der Waals surface area contributed by atoms with Crippen LogP contribution in [0.5, 0.6) is 5.75 Å². The number of likely N-dealkylation sites (tertiary alicyclic amines) is 1. The summed E-state index contributed by atoms with van der Waals surface area (Å²) in [7, 11) is 0. The standard InChI is InChI=1S/C18H17N3O3/c1-13-4-5-14-15(11-13)24-18(16-3-2-8-20(14)16)6-9-21(12-19,10-7-18)17(22)23/h2-5,8,11H,6-7,9-10H2,1H3/p+1. The molecule has 1 saturated heterocycles. The average Bonchev–Trinajstić information content (AvgIpc) is 3.06. The average molecular weight is 324 g/mol. The zero-order chi connectivity index (χ0) is 16.9. The van der Waals surface area contributed by atoms with Crippen LogP contribution in [0.4, 0.5) is 4.79 Å². The Balaban J connectivity index is 1.77. The van der Waals surface area contributed by atoms with E-state index in [4.69, 9.17) is 4.74 Å². The minimum atomic E-state index is -1.09. The van der Waals surface area contributed by atoms with E-state index >= 15 is 0 Å². The lowest BCUT2D eigenvalue weighted by molar-refractivity contribution is -0.801. The Morgan fingerprint density at radius 3 is 2.79 bits per heavy atom. The number of aromatic nitrogens is 1. The molecule has 2 aliphatic heterocycles. The highest BCUT2D eigenvalue weighted by Crippen LogP contribution is 2.46. The Kier molecular flexibility index (Phi) is 2.99. The van der Waals surface area contributed by atoms with Gasteiger partial charge in [0.15, 0.2) is 5.60 Å². The molecule has 2 aromatic rings. The number of carbonyl (C=O) groups is 1. The van der Waals surface area contributed by atoms with Crippen LogP contribution in [0, 0.1) is 18.4 Å². The van der Waals surface area contributed by atoms with E-state index in [0.717, 1.165) is 22.7 Å². The van der Waals surface area contributed by atoms with Gasteiger partial charge in [-0.15, -0.1) is 9.74 Å². The van der Waals surface area contributed by atoms with Crippen LogP contribution in [0.2, 0.25) is 0 Å². The number of aryl methyl sites for hydroxylation is 1. The van der Waals surface area contributed by atoms with Gasteiger partial charge in [0.2, 0.25) is 0 Å². The van der Waals surface area contributed by atoms with Gasteiger partial charge in [-0.1, -0.05) is 6.07 Å². The van der Waals surface area contributed by atoms with E-state index in [2.05, 4.69) is 4.57 Å². The molecule has 0 bridgehead atoms. The molecule has 122 valence electrons. The molecule has 0 unspecified atom stereocenters. The minimum Gasteiger partial charge on any atom is -0.478 e. The fourth-order valence-corrected chi connectivity index (χ4v) is 3.80. The highest BCUT2D eigenvalue weighted by atomic mass is 16.5. The van der Waals surface area contributed by atoms with Gasteiger partial charge in [0, 0.05) is 19.0 Å². The maximum absolute atomic E-state index is 11.5. The van der Waals surface area contributed by atoms with Crippen molar-refractivity contribution in [3.05, 3.63) is 47.8 Å². The number of hydrogen-bond acceptors (Lipinski definition) is 3. The van der Waals surface area contributed by atoms with Crippen LogP contribution in [-0.4, -0.2) is 33.3 Å². The van der Waals surface area contributed by atoms with Gasteiger partial charge in [0.05, 0.1) is 11.4 Å². The summed E-state index contributed by atoms with van der Waals surface area (Å²) in [6.07, 6.45) is 3.86. The minimum absolute atomic E-state index is 0.234. The van der Waals surface area contributed by atoms with Crippen LogP contribution >= 0.6 is 0 Å². The van der Waals surface area contributed by atoms with Crippen LogP contribution in [-0.2, 0) is 5.60 Å². The SMILES string of the molecule is Cc1ccc2c(c1)OC1(CC[N+](C#N)(C(=O)O)CC1)c1cccn1-2. The molecule has 0 aliphatic carbocycles. The lowest BCUT2D eigenvalue weighted by Crippen LogP contribution is -2.58. The van der Waals surface area contributed by atoms with Gasteiger partial charge in [-0.2, -0.15) is 4.79 Å². The van der Waals surface area contributed by atoms with E-state index in [-0.39, 0.29) is 13.1 Å². The third-order valence-corrected chi connectivity index (χ3v) is 5.25. The number of fused-ring (bicyclic) bond motifs is 4. The first-order valence-corrected chi connectivity index (χ1v) is 8.00. The van der Waals surface area contributed by atoms with Crippen molar-refractivity contribution in [2.75, 3.05) is 13.1 Å². The van der Waals surface area contributed by atoms with Crippen molar-refractivity contribution in [1.29, 1.82) is 5.26 Å². The molecule has 1 fully saturated rings. The third kappa shape index (κ3) is 1.88. The number of piperidine rings is 1. The molecule has 6 nitrogen and oxygen atoms in total. The normalized spacial score (nSPS) is 27.7. The molecule has 0 radical (unpaired) electrons. The van der Waals surface area contributed by atoms with Gasteiger partial charge in [0.1, 0.15) is 18.8 Å². The third-order valence-electron chi connectivity index (χ3n) is 5.25. The van der Waals surface area contributed by atoms with E-state index in [1.165, 1.54) is 0 Å². The van der Waals surface area contributed by atoms with E-state index in [1.807, 2.05) is 49.6 Å². The second kappa shape index (κ2) is 4.86. The lowest BCUT2D eigenvalue weighted by atomic mass is 9.85. The van der Waals surface area contributed by atoms with Crippen molar-refractivity contribution in [1.82, 2.24) is 4.57 Å². The zero-order valence-electron chi connectivity index (χ0n) is 13.4. The molecular formula is C18H18N3O3+. The van der Waals surface area contributed by atoms with Crippen molar-refractivity contribution in [2.45, 2.75) is 25.4 Å². The summed E-state index contributed by atoms with van der Waals surface area (Å²) in [5, 5.41) is 18.8. The number of hydrogen-bond donors (Lipinski definition) is 1. The topological polar surface area (TPSA) is 75.2 Å². The smallest absolute Gasteiger partial charge is 0.478 e. The van der Waals surface area contributed by atoms with Crippen molar-refractivity contribution >= 4 is 6.09 Å². The second-order valence-corrected chi connectivity index (χ2v) is 6.63. The van der Waals surface area contributed by atoms with Crippen LogP contribution in [0.3, 0.4) is 0 Å². The molecular weight excluding hydrogens is 306 g/mol. The highest BCUT2D eigenvalue weighted by Gasteiger charge is 2.52. The van der Waals surface area contributed by atoms with E-state index in [9.17, 15) is 15.2 Å². The summed E-state index contributed by atoms with van der Waals surface area (Å²) >= 11 is 0. The van der Waals surface area contributed by atoms with E-state index in [1.54, 1.807) is 0 Å². The Morgan fingerprint density at radius 2 is 2.12 bits per heavy atom. The molecule has 1 aromatic carbocycles. The van der Waals surface area contributed by atoms with Gasteiger partial charge in [0.25, 0.3) is 0 Å². The number of quaternary nitrogens is 1. The van der Waals surface area contributed by atoms with Gasteiger partial charge in [-0.05, 0) is 36.8 Å². The second-order valence-electron chi connectivity index (χ2n) is 6.63. The number of amides is 1. The number of benzene rings is 1. The van der Waals surface area contributed by atoms with Crippen molar-refractivity contribution < 1.29 is 19.1 Å². The van der Waals surface area contributed by atoms with Crippen molar-refractivity contribution in [3.63, 3.8) is 0 Å². The van der Waals surface area contributed by atoms with Gasteiger partial charge < -0.3 is 14.4 Å². The maximum atomic E-state index is 11.5. The number of nitrogens with zero attached hydrogens (tertiary/aromatic N) is 3. The predicted octanol–water partition coefficient (Wildman–Crippen LogP) is 3.14.